The minimum Gasteiger partial charge on any atom is -0.490 e. The topological polar surface area (TPSA) is 12.5 Å². The van der Waals surface area contributed by atoms with Crippen molar-refractivity contribution in [3.05, 3.63) is 65.5 Å². The van der Waals surface area contributed by atoms with Crippen LogP contribution in [-0.4, -0.2) is 24.6 Å². The molecule has 0 aliphatic rings. The molecule has 1 heterocycles. The van der Waals surface area contributed by atoms with Crippen molar-refractivity contribution < 1.29 is 4.74 Å². The summed E-state index contributed by atoms with van der Waals surface area (Å²) in [6.07, 6.45) is 3.57. The fraction of sp³-hybridized carbons (Fsp3) is 0.364. The second-order valence-corrected chi connectivity index (χ2v) is 7.58. The first kappa shape index (κ1) is 18.0. The van der Waals surface area contributed by atoms with Crippen LogP contribution in [0.25, 0.3) is 10.1 Å². The molecule has 0 saturated heterocycles. The maximum atomic E-state index is 6.41. The number of ether oxygens (including phenoxy) is 1. The Morgan fingerprint density at radius 3 is 2.64 bits per heavy atom. The number of hydrogen-bond donors (Lipinski definition) is 0. The summed E-state index contributed by atoms with van der Waals surface area (Å²) in [7, 11) is 2.19. The highest BCUT2D eigenvalue weighted by Crippen LogP contribution is 2.31. The van der Waals surface area contributed by atoms with Crippen molar-refractivity contribution in [2.75, 3.05) is 13.6 Å². The van der Waals surface area contributed by atoms with E-state index >= 15 is 0 Å². The molecule has 3 heteroatoms. The lowest BCUT2D eigenvalue weighted by Crippen LogP contribution is -2.26. The average Bonchev–Trinajstić information content (AvgIpc) is 3.10. The molecule has 0 aliphatic heterocycles. The molecule has 0 aliphatic carbocycles. The molecule has 0 bridgehead atoms. The lowest BCUT2D eigenvalue weighted by atomic mass is 10.1. The highest BCUT2D eigenvalue weighted by atomic mass is 32.1. The van der Waals surface area contributed by atoms with Gasteiger partial charge in [0, 0.05) is 23.2 Å². The number of rotatable bonds is 9. The number of nitrogens with zero attached hydrogens (tertiary/aromatic N) is 1. The van der Waals surface area contributed by atoms with Crippen LogP contribution in [0.2, 0.25) is 0 Å². The van der Waals surface area contributed by atoms with Gasteiger partial charge in [-0.25, -0.2) is 0 Å². The molecule has 1 aromatic heterocycles. The molecule has 2 nitrogen and oxygen atoms in total. The molecule has 0 N–H and O–H groups in total. The minimum absolute atomic E-state index is 0.272. The molecule has 1 atom stereocenters. The Balaban J connectivity index is 1.58. The van der Waals surface area contributed by atoms with Gasteiger partial charge in [-0.1, -0.05) is 49.7 Å². The number of benzene rings is 2. The third kappa shape index (κ3) is 5.07. The Morgan fingerprint density at radius 2 is 1.84 bits per heavy atom. The fourth-order valence-corrected chi connectivity index (χ4v) is 3.97. The van der Waals surface area contributed by atoms with Crippen molar-refractivity contribution in [1.82, 2.24) is 4.90 Å². The van der Waals surface area contributed by atoms with Gasteiger partial charge >= 0.3 is 0 Å². The Bertz CT molecular complexity index is 768. The van der Waals surface area contributed by atoms with Crippen LogP contribution in [0.4, 0.5) is 0 Å². The van der Waals surface area contributed by atoms with Crippen molar-refractivity contribution >= 4 is 21.4 Å². The van der Waals surface area contributed by atoms with E-state index in [0.717, 1.165) is 38.1 Å². The van der Waals surface area contributed by atoms with Gasteiger partial charge < -0.3 is 9.64 Å². The summed E-state index contributed by atoms with van der Waals surface area (Å²) in [4.78, 5) is 2.38. The Kier molecular flexibility index (Phi) is 6.48. The molecule has 0 spiro atoms. The maximum Gasteiger partial charge on any atom is 0.128 e. The van der Waals surface area contributed by atoms with Gasteiger partial charge in [-0.2, -0.15) is 0 Å². The second kappa shape index (κ2) is 9.02. The van der Waals surface area contributed by atoms with Crippen molar-refractivity contribution in [2.45, 2.75) is 38.8 Å². The van der Waals surface area contributed by atoms with E-state index in [1.165, 1.54) is 15.6 Å². The van der Waals surface area contributed by atoms with Gasteiger partial charge in [-0.05, 0) is 49.0 Å². The average molecular weight is 354 g/mol. The van der Waals surface area contributed by atoms with Crippen LogP contribution < -0.4 is 4.74 Å². The first-order valence-corrected chi connectivity index (χ1v) is 9.99. The van der Waals surface area contributed by atoms with Gasteiger partial charge in [0.05, 0.1) is 6.10 Å². The quantitative estimate of drug-likeness (QED) is 0.470. The molecular formula is C22H27NOS. The number of fused-ring (bicyclic) bond motifs is 1. The summed E-state index contributed by atoms with van der Waals surface area (Å²) in [5, 5.41) is 3.38. The van der Waals surface area contributed by atoms with Crippen molar-refractivity contribution in [1.29, 1.82) is 0 Å². The molecule has 3 rings (SSSR count). The Labute approximate surface area is 155 Å². The molecular weight excluding hydrogens is 326 g/mol. The van der Waals surface area contributed by atoms with Gasteiger partial charge in [-0.15, -0.1) is 11.3 Å². The van der Waals surface area contributed by atoms with E-state index in [4.69, 9.17) is 4.74 Å². The molecule has 0 fully saturated rings. The first-order chi connectivity index (χ1) is 12.3. The van der Waals surface area contributed by atoms with E-state index in [0.29, 0.717) is 0 Å². The molecule has 0 saturated carbocycles. The molecule has 0 radical (unpaired) electrons. The summed E-state index contributed by atoms with van der Waals surface area (Å²) in [6, 6.07) is 19.2. The zero-order valence-corrected chi connectivity index (χ0v) is 16.0. The summed E-state index contributed by atoms with van der Waals surface area (Å²) in [5.74, 6) is 1.03. The summed E-state index contributed by atoms with van der Waals surface area (Å²) in [6.45, 7) is 4.26. The Morgan fingerprint density at radius 1 is 1.00 bits per heavy atom. The van der Waals surface area contributed by atoms with Crippen LogP contribution in [0, 0.1) is 0 Å². The Hall–Kier alpha value is -1.84. The summed E-state index contributed by atoms with van der Waals surface area (Å²) < 4.78 is 7.71. The van der Waals surface area contributed by atoms with E-state index in [9.17, 15) is 0 Å². The molecule has 132 valence electrons. The van der Waals surface area contributed by atoms with Gasteiger partial charge in [0.1, 0.15) is 5.75 Å². The highest BCUT2D eigenvalue weighted by Gasteiger charge is 2.13. The predicted octanol–water partition coefficient (Wildman–Crippen LogP) is 5.97. The third-order valence-corrected chi connectivity index (χ3v) is 5.37. The van der Waals surface area contributed by atoms with E-state index in [1.807, 2.05) is 0 Å². The van der Waals surface area contributed by atoms with Gasteiger partial charge in [0.2, 0.25) is 0 Å². The minimum atomic E-state index is 0.272. The largest absolute Gasteiger partial charge is 0.490 e. The lowest BCUT2D eigenvalue weighted by molar-refractivity contribution is 0.161. The first-order valence-electron chi connectivity index (χ1n) is 9.11. The van der Waals surface area contributed by atoms with Gasteiger partial charge in [0.15, 0.2) is 0 Å². The van der Waals surface area contributed by atoms with Crippen LogP contribution in [-0.2, 0) is 6.54 Å². The summed E-state index contributed by atoms with van der Waals surface area (Å²) in [5.41, 5.74) is 1.36. The molecule has 25 heavy (non-hydrogen) atoms. The fourth-order valence-electron chi connectivity index (χ4n) is 3.17. The molecule has 0 amide bonds. The third-order valence-electron chi connectivity index (χ3n) is 4.49. The van der Waals surface area contributed by atoms with Crippen molar-refractivity contribution in [3.63, 3.8) is 0 Å². The SMILES string of the molecule is CCCC(CCN(C)Cc1ccccc1)Oc1cccc2sccc12. The van der Waals surface area contributed by atoms with Crippen LogP contribution in [0.15, 0.2) is 60.0 Å². The zero-order valence-electron chi connectivity index (χ0n) is 15.2. The number of thiophene rings is 1. The molecule has 2 aromatic carbocycles. The van der Waals surface area contributed by atoms with Crippen LogP contribution >= 0.6 is 11.3 Å². The second-order valence-electron chi connectivity index (χ2n) is 6.63. The normalized spacial score (nSPS) is 12.6. The number of hydrogen-bond acceptors (Lipinski definition) is 3. The maximum absolute atomic E-state index is 6.41. The van der Waals surface area contributed by atoms with E-state index < -0.39 is 0 Å². The molecule has 3 aromatic rings. The highest BCUT2D eigenvalue weighted by molar-refractivity contribution is 7.17. The van der Waals surface area contributed by atoms with Crippen LogP contribution in [0.1, 0.15) is 31.7 Å². The van der Waals surface area contributed by atoms with E-state index in [1.54, 1.807) is 11.3 Å². The van der Waals surface area contributed by atoms with E-state index in [2.05, 4.69) is 78.8 Å². The van der Waals surface area contributed by atoms with E-state index in [-0.39, 0.29) is 6.10 Å². The molecule has 1 unspecified atom stereocenters. The lowest BCUT2D eigenvalue weighted by Gasteiger charge is -2.23. The van der Waals surface area contributed by atoms with Crippen LogP contribution in [0.5, 0.6) is 5.75 Å². The van der Waals surface area contributed by atoms with Crippen LogP contribution in [0.3, 0.4) is 0 Å². The predicted molar refractivity (Wildman–Crippen MR) is 109 cm³/mol. The summed E-state index contributed by atoms with van der Waals surface area (Å²) >= 11 is 1.77. The van der Waals surface area contributed by atoms with Crippen molar-refractivity contribution in [2.24, 2.45) is 0 Å². The smallest absolute Gasteiger partial charge is 0.128 e. The zero-order chi connectivity index (χ0) is 17.5. The van der Waals surface area contributed by atoms with Gasteiger partial charge in [0.25, 0.3) is 0 Å². The van der Waals surface area contributed by atoms with Crippen molar-refractivity contribution in [3.8, 4) is 5.75 Å². The monoisotopic (exact) mass is 353 g/mol. The van der Waals surface area contributed by atoms with Gasteiger partial charge in [-0.3, -0.25) is 0 Å². The standard InChI is InChI=1S/C22H27NOS/c1-3-8-19(13-15-23(2)17-18-9-5-4-6-10-18)24-21-11-7-12-22-20(21)14-16-25-22/h4-7,9-12,14,16,19H,3,8,13,15,17H2,1-2H3.